The zero-order valence-corrected chi connectivity index (χ0v) is 6.67. The molecule has 0 atom stereocenters. The molecular weight excluding hydrogens is 158 g/mol. The minimum atomic E-state index is -0.414. The van der Waals surface area contributed by atoms with Gasteiger partial charge in [-0.2, -0.15) is 5.26 Å². The van der Waals surface area contributed by atoms with Gasteiger partial charge >= 0.3 is 0 Å². The predicted molar refractivity (Wildman–Crippen MR) is 41.7 cm³/mol. The molecule has 0 saturated carbocycles. The highest BCUT2D eigenvalue weighted by atomic mass is 16.2. The topological polar surface area (TPSA) is 96.0 Å². The molecule has 0 unspecified atom stereocenters. The van der Waals surface area contributed by atoms with Crippen molar-refractivity contribution in [3.05, 3.63) is 0 Å². The fourth-order valence-corrected chi connectivity index (χ4v) is 0.650. The maximum Gasteiger partial charge on any atom is 0.220 e. The summed E-state index contributed by atoms with van der Waals surface area (Å²) in [6.07, 6.45) is 0.886. The lowest BCUT2D eigenvalue weighted by molar-refractivity contribution is -0.121. The fraction of sp³-hybridized carbons (Fsp3) is 0.571. The van der Waals surface area contributed by atoms with Crippen LogP contribution < -0.4 is 11.1 Å². The zero-order valence-electron chi connectivity index (χ0n) is 6.67. The Morgan fingerprint density at radius 3 is 2.58 bits per heavy atom. The Morgan fingerprint density at radius 1 is 1.42 bits per heavy atom. The average molecular weight is 169 g/mol. The van der Waals surface area contributed by atoms with E-state index in [0.717, 1.165) is 0 Å². The normalized spacial score (nSPS) is 8.58. The highest BCUT2D eigenvalue weighted by Gasteiger charge is 2.00. The van der Waals surface area contributed by atoms with E-state index in [1.54, 1.807) is 6.07 Å². The van der Waals surface area contributed by atoms with Gasteiger partial charge in [0.2, 0.25) is 11.8 Å². The summed E-state index contributed by atoms with van der Waals surface area (Å²) < 4.78 is 0. The van der Waals surface area contributed by atoms with Gasteiger partial charge in [0.05, 0.1) is 6.07 Å². The lowest BCUT2D eigenvalue weighted by Crippen LogP contribution is -2.23. The molecule has 0 aliphatic rings. The van der Waals surface area contributed by atoms with Crippen LogP contribution in [0, 0.1) is 11.3 Å². The van der Waals surface area contributed by atoms with Gasteiger partial charge in [-0.1, -0.05) is 0 Å². The van der Waals surface area contributed by atoms with Crippen molar-refractivity contribution in [1.82, 2.24) is 5.32 Å². The van der Waals surface area contributed by atoms with Crippen molar-refractivity contribution in [2.24, 2.45) is 5.73 Å². The molecular formula is C7H11N3O2. The molecule has 0 fully saturated rings. The highest BCUT2D eigenvalue weighted by Crippen LogP contribution is 1.93. The molecule has 0 radical (unpaired) electrons. The van der Waals surface area contributed by atoms with Crippen LogP contribution in [0.25, 0.3) is 0 Å². The van der Waals surface area contributed by atoms with E-state index in [0.29, 0.717) is 6.42 Å². The van der Waals surface area contributed by atoms with Crippen LogP contribution in [0.5, 0.6) is 0 Å². The van der Waals surface area contributed by atoms with Gasteiger partial charge < -0.3 is 11.1 Å². The van der Waals surface area contributed by atoms with Crippen LogP contribution in [0.3, 0.4) is 0 Å². The van der Waals surface area contributed by atoms with Crippen molar-refractivity contribution < 1.29 is 9.59 Å². The molecule has 0 aromatic heterocycles. The first-order chi connectivity index (χ1) is 5.66. The van der Waals surface area contributed by atoms with E-state index in [4.69, 9.17) is 11.0 Å². The Hall–Kier alpha value is -1.57. The standard InChI is InChI=1S/C7H11N3O2/c8-4-5-10-7(12)3-1-2-6(9)11/h1-3,5H2,(H2,9,11)(H,10,12). The first-order valence-electron chi connectivity index (χ1n) is 3.58. The summed E-state index contributed by atoms with van der Waals surface area (Å²) in [5.41, 5.74) is 4.86. The molecule has 0 rings (SSSR count). The van der Waals surface area contributed by atoms with Crippen LogP contribution in [-0.4, -0.2) is 18.4 Å². The first-order valence-corrected chi connectivity index (χ1v) is 3.58. The lowest BCUT2D eigenvalue weighted by atomic mass is 10.2. The van der Waals surface area contributed by atoms with Gasteiger partial charge in [-0.3, -0.25) is 9.59 Å². The van der Waals surface area contributed by atoms with E-state index in [-0.39, 0.29) is 25.3 Å². The molecule has 0 aromatic rings. The third-order valence-corrected chi connectivity index (χ3v) is 1.19. The number of rotatable bonds is 5. The Morgan fingerprint density at radius 2 is 2.08 bits per heavy atom. The molecule has 0 aliphatic heterocycles. The largest absolute Gasteiger partial charge is 0.370 e. The second kappa shape index (κ2) is 6.16. The highest BCUT2D eigenvalue weighted by molar-refractivity contribution is 5.78. The number of nitrogens with two attached hydrogens (primary N) is 1. The quantitative estimate of drug-likeness (QED) is 0.531. The molecule has 3 N–H and O–H groups in total. The Balaban J connectivity index is 3.33. The summed E-state index contributed by atoms with van der Waals surface area (Å²) >= 11 is 0. The van der Waals surface area contributed by atoms with Crippen LogP contribution in [0.2, 0.25) is 0 Å². The molecule has 66 valence electrons. The minimum Gasteiger partial charge on any atom is -0.370 e. The van der Waals surface area contributed by atoms with Crippen LogP contribution >= 0.6 is 0 Å². The average Bonchev–Trinajstić information content (AvgIpc) is 2.00. The van der Waals surface area contributed by atoms with E-state index in [2.05, 4.69) is 5.32 Å². The maximum atomic E-state index is 10.8. The summed E-state index contributed by atoms with van der Waals surface area (Å²) in [5.74, 6) is -0.638. The van der Waals surface area contributed by atoms with Gasteiger partial charge in [-0.15, -0.1) is 0 Å². The molecule has 12 heavy (non-hydrogen) atoms. The third kappa shape index (κ3) is 6.55. The summed E-state index contributed by atoms with van der Waals surface area (Å²) in [6, 6.07) is 1.77. The smallest absolute Gasteiger partial charge is 0.220 e. The molecule has 5 nitrogen and oxygen atoms in total. The molecule has 5 heteroatoms. The number of carbonyl (C=O) groups is 2. The van der Waals surface area contributed by atoms with Crippen molar-refractivity contribution in [1.29, 1.82) is 5.26 Å². The molecule has 2 amide bonds. The van der Waals surface area contributed by atoms with E-state index < -0.39 is 5.91 Å². The van der Waals surface area contributed by atoms with Crippen molar-refractivity contribution >= 4 is 11.8 Å². The van der Waals surface area contributed by atoms with Crippen LogP contribution in [0.15, 0.2) is 0 Å². The number of amides is 2. The zero-order chi connectivity index (χ0) is 9.40. The predicted octanol–water partition coefficient (Wildman–Crippen LogP) is -0.718. The van der Waals surface area contributed by atoms with Gasteiger partial charge in [0.15, 0.2) is 0 Å². The van der Waals surface area contributed by atoms with Gasteiger partial charge in [-0.05, 0) is 6.42 Å². The molecule has 0 bridgehead atoms. The Labute approximate surface area is 70.5 Å². The van der Waals surface area contributed by atoms with E-state index in [1.165, 1.54) is 0 Å². The Kier molecular flexibility index (Phi) is 5.35. The van der Waals surface area contributed by atoms with Crippen molar-refractivity contribution in [3.63, 3.8) is 0 Å². The van der Waals surface area contributed by atoms with Gasteiger partial charge in [0, 0.05) is 12.8 Å². The summed E-state index contributed by atoms with van der Waals surface area (Å²) in [7, 11) is 0. The van der Waals surface area contributed by atoms with Crippen molar-refractivity contribution in [2.75, 3.05) is 6.54 Å². The van der Waals surface area contributed by atoms with E-state index in [1.807, 2.05) is 0 Å². The number of hydrogen-bond donors (Lipinski definition) is 2. The minimum absolute atomic E-state index is 0.00933. The van der Waals surface area contributed by atoms with Gasteiger partial charge in [0.1, 0.15) is 6.54 Å². The summed E-state index contributed by atoms with van der Waals surface area (Å²) in [6.45, 7) is 0.00933. The Bertz CT molecular complexity index is 207. The van der Waals surface area contributed by atoms with Gasteiger partial charge in [0.25, 0.3) is 0 Å². The van der Waals surface area contributed by atoms with Crippen LogP contribution in [0.1, 0.15) is 19.3 Å². The van der Waals surface area contributed by atoms with Gasteiger partial charge in [-0.25, -0.2) is 0 Å². The van der Waals surface area contributed by atoms with E-state index in [9.17, 15) is 9.59 Å². The second-order valence-electron chi connectivity index (χ2n) is 2.25. The summed E-state index contributed by atoms with van der Waals surface area (Å²) in [4.78, 5) is 21.0. The third-order valence-electron chi connectivity index (χ3n) is 1.19. The van der Waals surface area contributed by atoms with Crippen LogP contribution in [-0.2, 0) is 9.59 Å². The molecule has 0 heterocycles. The molecule has 0 spiro atoms. The fourth-order valence-electron chi connectivity index (χ4n) is 0.650. The number of nitriles is 1. The van der Waals surface area contributed by atoms with Crippen molar-refractivity contribution in [3.8, 4) is 6.07 Å². The number of nitrogens with one attached hydrogen (secondary N) is 1. The second-order valence-corrected chi connectivity index (χ2v) is 2.25. The number of nitrogens with zero attached hydrogens (tertiary/aromatic N) is 1. The van der Waals surface area contributed by atoms with Crippen LogP contribution in [0.4, 0.5) is 0 Å². The number of hydrogen-bond acceptors (Lipinski definition) is 3. The lowest BCUT2D eigenvalue weighted by Gasteiger charge is -1.98. The number of primary amides is 1. The van der Waals surface area contributed by atoms with E-state index >= 15 is 0 Å². The first kappa shape index (κ1) is 10.4. The number of carbonyl (C=O) groups excluding carboxylic acids is 2. The van der Waals surface area contributed by atoms with Crippen molar-refractivity contribution in [2.45, 2.75) is 19.3 Å². The molecule has 0 aliphatic carbocycles. The monoisotopic (exact) mass is 169 g/mol. The summed E-state index contributed by atoms with van der Waals surface area (Å²) in [5, 5.41) is 10.4. The molecule has 0 saturated heterocycles. The molecule has 0 aromatic carbocycles. The SMILES string of the molecule is N#CCNC(=O)CCCC(N)=O. The maximum absolute atomic E-state index is 10.8.